The van der Waals surface area contributed by atoms with Crippen molar-refractivity contribution in [3.63, 3.8) is 0 Å². The fourth-order valence-corrected chi connectivity index (χ4v) is 5.68. The van der Waals surface area contributed by atoms with E-state index in [2.05, 4.69) is 34.9 Å². The molecule has 2 aliphatic carbocycles. The maximum absolute atomic E-state index is 12.3. The van der Waals surface area contributed by atoms with Gasteiger partial charge in [-0.1, -0.05) is 18.2 Å². The lowest BCUT2D eigenvalue weighted by Crippen LogP contribution is -2.49. The second kappa shape index (κ2) is 6.58. The van der Waals surface area contributed by atoms with Gasteiger partial charge in [0.05, 0.1) is 30.9 Å². The number of aromatic nitrogens is 1. The zero-order valence-electron chi connectivity index (χ0n) is 17.6. The normalized spacial score (nSPS) is 26.5. The molecule has 3 atom stereocenters. The maximum atomic E-state index is 12.3. The van der Waals surface area contributed by atoms with E-state index >= 15 is 0 Å². The van der Waals surface area contributed by atoms with E-state index in [1.807, 2.05) is 6.07 Å². The van der Waals surface area contributed by atoms with Gasteiger partial charge < -0.3 is 25.5 Å². The summed E-state index contributed by atoms with van der Waals surface area (Å²) in [5, 5.41) is 1.19. The summed E-state index contributed by atoms with van der Waals surface area (Å²) < 4.78 is 13.3. The summed E-state index contributed by atoms with van der Waals surface area (Å²) in [6.07, 6.45) is 3.33. The Kier molecular flexibility index (Phi) is 4.01. The number of esters is 1. The van der Waals surface area contributed by atoms with Crippen LogP contribution in [-0.2, 0) is 16.8 Å². The van der Waals surface area contributed by atoms with E-state index in [0.29, 0.717) is 23.8 Å². The molecule has 6 rings (SSSR count). The topological polar surface area (TPSA) is 92.5 Å². The number of nitrogens with two attached hydrogens (primary N) is 2. The lowest BCUT2D eigenvalue weighted by molar-refractivity contribution is 0.0600. The van der Waals surface area contributed by atoms with E-state index < -0.39 is 17.6 Å². The largest absolute Gasteiger partial charge is 0.493 e. The van der Waals surface area contributed by atoms with Crippen LogP contribution < -0.4 is 16.2 Å². The Bertz CT molecular complexity index is 1210. The fraction of sp³-hybridized carbons (Fsp3) is 0.400. The zero-order chi connectivity index (χ0) is 21.3. The Morgan fingerprint density at radius 1 is 1.23 bits per heavy atom. The van der Waals surface area contributed by atoms with Crippen molar-refractivity contribution < 1.29 is 14.3 Å². The third-order valence-corrected chi connectivity index (χ3v) is 7.43. The van der Waals surface area contributed by atoms with Crippen molar-refractivity contribution in [1.29, 1.82) is 0 Å². The quantitative estimate of drug-likeness (QED) is 0.633. The molecule has 0 radical (unpaired) electrons. The molecule has 2 aromatic carbocycles. The van der Waals surface area contributed by atoms with E-state index in [1.165, 1.54) is 30.9 Å². The first kappa shape index (κ1) is 18.9. The molecular weight excluding hydrogens is 390 g/mol. The molecule has 160 valence electrons. The number of carbonyl (C=O) groups excluding carboxylic acids is 1. The smallest absolute Gasteiger partial charge is 0.337 e. The van der Waals surface area contributed by atoms with Gasteiger partial charge in [0, 0.05) is 29.2 Å². The van der Waals surface area contributed by atoms with Gasteiger partial charge in [-0.05, 0) is 60.4 Å². The average Bonchev–Trinajstić information content (AvgIpc) is 3.51. The summed E-state index contributed by atoms with van der Waals surface area (Å²) in [6.45, 7) is 1.52. The number of hydrogen-bond acceptors (Lipinski definition) is 5. The van der Waals surface area contributed by atoms with Gasteiger partial charge in [-0.2, -0.15) is 0 Å². The van der Waals surface area contributed by atoms with Crippen molar-refractivity contribution in [3.05, 3.63) is 64.8 Å². The summed E-state index contributed by atoms with van der Waals surface area (Å²) in [4.78, 5) is 12.3. The number of carbonyl (C=O) groups is 1. The Morgan fingerprint density at radius 3 is 2.81 bits per heavy atom. The van der Waals surface area contributed by atoms with Crippen molar-refractivity contribution in [3.8, 4) is 5.75 Å². The van der Waals surface area contributed by atoms with Crippen molar-refractivity contribution in [2.75, 3.05) is 13.7 Å². The lowest BCUT2D eigenvalue weighted by Gasteiger charge is -2.38. The Morgan fingerprint density at radius 2 is 2.03 bits per heavy atom. The molecule has 1 fully saturated rings. The molecule has 6 nitrogen and oxygen atoms in total. The molecule has 1 saturated carbocycles. The van der Waals surface area contributed by atoms with Gasteiger partial charge in [0.15, 0.2) is 0 Å². The molecule has 0 saturated heterocycles. The highest BCUT2D eigenvalue weighted by molar-refractivity contribution is 5.91. The van der Waals surface area contributed by atoms with Gasteiger partial charge >= 0.3 is 5.97 Å². The first-order valence-corrected chi connectivity index (χ1v) is 11.0. The van der Waals surface area contributed by atoms with Gasteiger partial charge in [0.2, 0.25) is 0 Å². The molecule has 1 aliphatic heterocycles. The van der Waals surface area contributed by atoms with Crippen molar-refractivity contribution in [2.24, 2.45) is 17.4 Å². The highest BCUT2D eigenvalue weighted by Gasteiger charge is 2.54. The fourth-order valence-electron chi connectivity index (χ4n) is 5.68. The van der Waals surface area contributed by atoms with Crippen LogP contribution in [0, 0.1) is 5.92 Å². The molecule has 4 N–H and O–H groups in total. The van der Waals surface area contributed by atoms with Crippen LogP contribution in [0.2, 0.25) is 0 Å². The molecule has 0 amide bonds. The zero-order valence-corrected chi connectivity index (χ0v) is 17.6. The van der Waals surface area contributed by atoms with E-state index in [1.54, 1.807) is 6.07 Å². The van der Waals surface area contributed by atoms with Gasteiger partial charge in [-0.25, -0.2) is 4.79 Å². The molecule has 3 aliphatic rings. The molecule has 2 heterocycles. The molecule has 3 aromatic rings. The number of benzene rings is 2. The maximum Gasteiger partial charge on any atom is 0.337 e. The summed E-state index contributed by atoms with van der Waals surface area (Å²) in [7, 11) is 1.38. The van der Waals surface area contributed by atoms with Crippen LogP contribution in [0.3, 0.4) is 0 Å². The number of methoxy groups -OCH3 is 1. The van der Waals surface area contributed by atoms with Gasteiger partial charge in [0.1, 0.15) is 5.75 Å². The predicted molar refractivity (Wildman–Crippen MR) is 118 cm³/mol. The second-order valence-corrected chi connectivity index (χ2v) is 9.21. The van der Waals surface area contributed by atoms with Crippen LogP contribution in [0.15, 0.2) is 42.5 Å². The Hall–Kier alpha value is -2.83. The highest BCUT2D eigenvalue weighted by atomic mass is 16.5. The van der Waals surface area contributed by atoms with Gasteiger partial charge in [0.25, 0.3) is 0 Å². The van der Waals surface area contributed by atoms with Crippen LogP contribution in [0.5, 0.6) is 5.75 Å². The summed E-state index contributed by atoms with van der Waals surface area (Å²) in [5.74, 6) is 1.06. The standard InChI is InChI=1S/C25H27N3O3/c1-30-24(29)16-10-17-22-18(8-9-31-20(22)11-16)25(27,23(17)26)21-12-15-4-2-3-5-19(15)28(21)13-14-6-7-14/h2-5,10-12,14,18,23H,6-9,13,26-27H2,1H3. The Balaban J connectivity index is 1.56. The van der Waals surface area contributed by atoms with E-state index in [0.717, 1.165) is 29.8 Å². The third kappa shape index (κ3) is 2.61. The summed E-state index contributed by atoms with van der Waals surface area (Å²) in [5.41, 5.74) is 18.2. The molecule has 3 unspecified atom stereocenters. The van der Waals surface area contributed by atoms with Crippen LogP contribution >= 0.6 is 0 Å². The number of hydrogen-bond donors (Lipinski definition) is 2. The minimum Gasteiger partial charge on any atom is -0.493 e. The summed E-state index contributed by atoms with van der Waals surface area (Å²) in [6, 6.07) is 13.9. The van der Waals surface area contributed by atoms with Gasteiger partial charge in [-0.15, -0.1) is 0 Å². The highest BCUT2D eigenvalue weighted by Crippen LogP contribution is 2.58. The second-order valence-electron chi connectivity index (χ2n) is 9.21. The third-order valence-electron chi connectivity index (χ3n) is 7.43. The predicted octanol–water partition coefficient (Wildman–Crippen LogP) is 3.57. The Labute approximate surface area is 181 Å². The summed E-state index contributed by atoms with van der Waals surface area (Å²) >= 11 is 0. The number of fused-ring (bicyclic) bond motifs is 1. The first-order valence-electron chi connectivity index (χ1n) is 11.0. The number of ether oxygens (including phenoxy) is 2. The van der Waals surface area contributed by atoms with Crippen molar-refractivity contribution in [1.82, 2.24) is 4.57 Å². The van der Waals surface area contributed by atoms with Crippen molar-refractivity contribution >= 4 is 16.9 Å². The molecule has 0 bridgehead atoms. The number of nitrogens with zero attached hydrogens (tertiary/aromatic N) is 1. The number of para-hydroxylation sites is 1. The molecule has 1 aromatic heterocycles. The SMILES string of the molecule is COC(=O)c1cc2c3c(c1)C(N)C(N)(c1cc4ccccc4n1CC1CC1)C3CCO2. The van der Waals surface area contributed by atoms with Gasteiger partial charge in [-0.3, -0.25) is 0 Å². The molecule has 31 heavy (non-hydrogen) atoms. The van der Waals surface area contributed by atoms with E-state index in [9.17, 15) is 4.79 Å². The number of rotatable bonds is 4. The molecule has 0 spiro atoms. The van der Waals surface area contributed by atoms with Crippen LogP contribution in [-0.4, -0.2) is 24.3 Å². The minimum absolute atomic E-state index is 0.0372. The monoisotopic (exact) mass is 417 g/mol. The van der Waals surface area contributed by atoms with E-state index in [-0.39, 0.29) is 5.92 Å². The van der Waals surface area contributed by atoms with Crippen LogP contribution in [0.1, 0.15) is 58.4 Å². The van der Waals surface area contributed by atoms with Crippen molar-refractivity contribution in [2.45, 2.75) is 43.3 Å². The van der Waals surface area contributed by atoms with E-state index in [4.69, 9.17) is 20.9 Å². The molecular formula is C25H27N3O3. The minimum atomic E-state index is -0.774. The average molecular weight is 418 g/mol. The van der Waals surface area contributed by atoms with Crippen LogP contribution in [0.4, 0.5) is 0 Å². The molecule has 6 heteroatoms. The van der Waals surface area contributed by atoms with Crippen LogP contribution in [0.25, 0.3) is 10.9 Å². The first-order chi connectivity index (χ1) is 15.0. The lowest BCUT2D eigenvalue weighted by atomic mass is 9.77.